The zero-order valence-corrected chi connectivity index (χ0v) is 15.7. The smallest absolute Gasteiger partial charge is 0.322 e. The summed E-state index contributed by atoms with van der Waals surface area (Å²) < 4.78 is 63.3. The van der Waals surface area contributed by atoms with E-state index in [-0.39, 0.29) is 11.3 Å². The third kappa shape index (κ3) is 5.22. The van der Waals surface area contributed by atoms with Gasteiger partial charge in [0.25, 0.3) is 5.91 Å². The van der Waals surface area contributed by atoms with E-state index in [9.17, 15) is 26.4 Å². The third-order valence-electron chi connectivity index (χ3n) is 3.68. The van der Waals surface area contributed by atoms with Gasteiger partial charge in [0.2, 0.25) is 10.0 Å². The molecule has 27 heavy (non-hydrogen) atoms. The second kappa shape index (κ2) is 7.22. The van der Waals surface area contributed by atoms with Crippen LogP contribution >= 0.6 is 0 Å². The molecule has 0 radical (unpaired) electrons. The lowest BCUT2D eigenvalue weighted by Crippen LogP contribution is -2.33. The van der Waals surface area contributed by atoms with Crippen molar-refractivity contribution in [2.24, 2.45) is 0 Å². The van der Waals surface area contributed by atoms with Gasteiger partial charge in [-0.05, 0) is 69.3 Å². The number of sulfonamides is 1. The van der Waals surface area contributed by atoms with Crippen LogP contribution in [0.5, 0.6) is 0 Å². The highest BCUT2D eigenvalue weighted by Gasteiger charge is 2.30. The van der Waals surface area contributed by atoms with Crippen molar-refractivity contribution in [2.75, 3.05) is 10.0 Å². The average Bonchev–Trinajstić information content (AvgIpc) is 2.53. The van der Waals surface area contributed by atoms with E-state index in [2.05, 4.69) is 10.0 Å². The van der Waals surface area contributed by atoms with Crippen LogP contribution in [0.4, 0.5) is 24.5 Å². The van der Waals surface area contributed by atoms with E-state index in [4.69, 9.17) is 0 Å². The number of hydrogen-bond donors (Lipinski definition) is 2. The van der Waals surface area contributed by atoms with Crippen molar-refractivity contribution < 1.29 is 26.4 Å². The molecule has 9 heteroatoms. The monoisotopic (exact) mass is 400 g/mol. The summed E-state index contributed by atoms with van der Waals surface area (Å²) in [6.45, 7) is 4.67. The van der Waals surface area contributed by atoms with Gasteiger partial charge in [-0.1, -0.05) is 0 Å². The Kier molecular flexibility index (Phi) is 5.55. The third-order valence-corrected chi connectivity index (χ3v) is 5.79. The fraction of sp³-hybridized carbons (Fsp3) is 0.278. The molecule has 0 aromatic heterocycles. The normalized spacial score (nSPS) is 12.5. The first-order valence-corrected chi connectivity index (χ1v) is 9.39. The van der Waals surface area contributed by atoms with Gasteiger partial charge >= 0.3 is 6.18 Å². The van der Waals surface area contributed by atoms with Crippen molar-refractivity contribution in [2.45, 2.75) is 31.7 Å². The van der Waals surface area contributed by atoms with E-state index in [1.807, 2.05) is 0 Å². The standard InChI is InChI=1S/C18H19F3N2O3S/c1-17(2,3)27(25,26)23-15-8-4-12(5-9-15)16(24)22-14-10-6-13(7-11-14)18(19,20)21/h4-11,23H,1-3H3,(H,22,24). The number of carbonyl (C=O) groups excluding carboxylic acids is 1. The molecule has 0 unspecified atom stereocenters. The van der Waals surface area contributed by atoms with E-state index >= 15 is 0 Å². The first-order valence-electron chi connectivity index (χ1n) is 7.91. The number of carbonyl (C=O) groups is 1. The second-order valence-corrected chi connectivity index (χ2v) is 9.26. The second-order valence-electron chi connectivity index (χ2n) is 6.82. The van der Waals surface area contributed by atoms with Gasteiger partial charge in [-0.15, -0.1) is 0 Å². The van der Waals surface area contributed by atoms with E-state index in [1.54, 1.807) is 20.8 Å². The lowest BCUT2D eigenvalue weighted by molar-refractivity contribution is -0.137. The van der Waals surface area contributed by atoms with Gasteiger partial charge in [0.15, 0.2) is 0 Å². The molecule has 0 saturated carbocycles. The Morgan fingerprint density at radius 2 is 1.33 bits per heavy atom. The fourth-order valence-electron chi connectivity index (χ4n) is 1.94. The van der Waals surface area contributed by atoms with Crippen LogP contribution in [0.1, 0.15) is 36.7 Å². The van der Waals surface area contributed by atoms with Crippen molar-refractivity contribution in [1.82, 2.24) is 0 Å². The van der Waals surface area contributed by atoms with Crippen LogP contribution in [0.25, 0.3) is 0 Å². The van der Waals surface area contributed by atoms with Gasteiger partial charge in [-0.2, -0.15) is 13.2 Å². The summed E-state index contributed by atoms with van der Waals surface area (Å²) in [5, 5.41) is 2.48. The Bertz CT molecular complexity index is 914. The summed E-state index contributed by atoms with van der Waals surface area (Å²) in [5.41, 5.74) is -0.0638. The molecule has 0 atom stereocenters. The van der Waals surface area contributed by atoms with Crippen molar-refractivity contribution >= 4 is 27.3 Å². The van der Waals surface area contributed by atoms with Crippen molar-refractivity contribution in [3.05, 3.63) is 59.7 Å². The first kappa shape index (κ1) is 20.8. The summed E-state index contributed by atoms with van der Waals surface area (Å²) in [4.78, 5) is 12.2. The van der Waals surface area contributed by atoms with Crippen molar-refractivity contribution in [1.29, 1.82) is 0 Å². The maximum atomic E-state index is 12.5. The fourth-order valence-corrected chi connectivity index (χ4v) is 2.70. The van der Waals surface area contributed by atoms with Gasteiger partial charge in [-0.25, -0.2) is 8.42 Å². The molecule has 0 fully saturated rings. The minimum atomic E-state index is -4.45. The SMILES string of the molecule is CC(C)(C)S(=O)(=O)Nc1ccc(C(=O)Nc2ccc(C(F)(F)F)cc2)cc1. The molecule has 0 heterocycles. The quantitative estimate of drug-likeness (QED) is 0.794. The van der Waals surface area contributed by atoms with Gasteiger partial charge in [0, 0.05) is 16.9 Å². The van der Waals surface area contributed by atoms with E-state index in [0.29, 0.717) is 5.69 Å². The summed E-state index contributed by atoms with van der Waals surface area (Å²) >= 11 is 0. The largest absolute Gasteiger partial charge is 0.416 e. The molecule has 1 amide bonds. The Balaban J connectivity index is 2.08. The number of alkyl halides is 3. The summed E-state index contributed by atoms with van der Waals surface area (Å²) in [7, 11) is -3.59. The van der Waals surface area contributed by atoms with Crippen molar-refractivity contribution in [3.63, 3.8) is 0 Å². The lowest BCUT2D eigenvalue weighted by Gasteiger charge is -2.20. The highest BCUT2D eigenvalue weighted by atomic mass is 32.2. The predicted octanol–water partition coefficient (Wildman–Crippen LogP) is 4.50. The molecule has 5 nitrogen and oxygen atoms in total. The predicted molar refractivity (Wildman–Crippen MR) is 98.1 cm³/mol. The highest BCUT2D eigenvalue weighted by molar-refractivity contribution is 7.94. The molecule has 2 rings (SSSR count). The van der Waals surface area contributed by atoms with Gasteiger partial charge in [0.05, 0.1) is 10.3 Å². The van der Waals surface area contributed by atoms with Crippen LogP contribution in [0.3, 0.4) is 0 Å². The number of rotatable bonds is 4. The minimum Gasteiger partial charge on any atom is -0.322 e. The lowest BCUT2D eigenvalue weighted by atomic mass is 10.1. The molecule has 0 saturated heterocycles. The maximum absolute atomic E-state index is 12.5. The average molecular weight is 400 g/mol. The molecular weight excluding hydrogens is 381 g/mol. The molecule has 0 spiro atoms. The van der Waals surface area contributed by atoms with Crippen LogP contribution in [0, 0.1) is 0 Å². The number of halogens is 3. The zero-order chi connectivity index (χ0) is 20.5. The summed E-state index contributed by atoms with van der Waals surface area (Å²) in [6, 6.07) is 9.77. The number of hydrogen-bond acceptors (Lipinski definition) is 3. The molecule has 2 aromatic carbocycles. The molecule has 0 bridgehead atoms. The Morgan fingerprint density at radius 3 is 1.78 bits per heavy atom. The van der Waals surface area contributed by atoms with E-state index < -0.39 is 32.4 Å². The molecule has 0 aliphatic rings. The van der Waals surface area contributed by atoms with Gasteiger partial charge in [0.1, 0.15) is 0 Å². The summed E-state index contributed by atoms with van der Waals surface area (Å²) in [6.07, 6.45) is -4.45. The Labute approximate surface area is 155 Å². The number of amides is 1. The van der Waals surface area contributed by atoms with E-state index in [0.717, 1.165) is 24.3 Å². The molecule has 2 aromatic rings. The zero-order valence-electron chi connectivity index (χ0n) is 14.9. The highest BCUT2D eigenvalue weighted by Crippen LogP contribution is 2.30. The first-order chi connectivity index (χ1) is 12.3. The maximum Gasteiger partial charge on any atom is 0.416 e. The Morgan fingerprint density at radius 1 is 0.852 bits per heavy atom. The molecule has 0 aliphatic heterocycles. The molecular formula is C18H19F3N2O3S. The van der Waals surface area contributed by atoms with Crippen LogP contribution in [-0.4, -0.2) is 19.1 Å². The topological polar surface area (TPSA) is 75.3 Å². The molecule has 2 N–H and O–H groups in total. The summed E-state index contributed by atoms with van der Waals surface area (Å²) in [5.74, 6) is -0.528. The van der Waals surface area contributed by atoms with Crippen LogP contribution in [0.2, 0.25) is 0 Å². The Hall–Kier alpha value is -2.55. The number of benzene rings is 2. The van der Waals surface area contributed by atoms with Crippen LogP contribution in [0.15, 0.2) is 48.5 Å². The van der Waals surface area contributed by atoms with Gasteiger partial charge < -0.3 is 5.32 Å². The van der Waals surface area contributed by atoms with E-state index in [1.165, 1.54) is 24.3 Å². The van der Waals surface area contributed by atoms with Crippen LogP contribution in [-0.2, 0) is 16.2 Å². The number of nitrogens with one attached hydrogen (secondary N) is 2. The molecule has 146 valence electrons. The number of anilines is 2. The van der Waals surface area contributed by atoms with Crippen molar-refractivity contribution in [3.8, 4) is 0 Å². The molecule has 0 aliphatic carbocycles. The van der Waals surface area contributed by atoms with Crippen LogP contribution < -0.4 is 10.0 Å². The van der Waals surface area contributed by atoms with Gasteiger partial charge in [-0.3, -0.25) is 9.52 Å². The minimum absolute atomic E-state index is 0.213.